The number of rotatable bonds is 5. The number of carbonyl (C=O) groups excluding carboxylic acids is 1. The molecule has 0 aliphatic carbocycles. The zero-order valence-corrected chi connectivity index (χ0v) is 14.4. The molecule has 0 radical (unpaired) electrons. The second-order valence-corrected chi connectivity index (χ2v) is 6.13. The van der Waals surface area contributed by atoms with Crippen LogP contribution in [0.25, 0.3) is 10.9 Å². The van der Waals surface area contributed by atoms with Crippen LogP contribution < -0.4 is 15.4 Å². The highest BCUT2D eigenvalue weighted by molar-refractivity contribution is 5.92. The predicted molar refractivity (Wildman–Crippen MR) is 98.4 cm³/mol. The van der Waals surface area contributed by atoms with Gasteiger partial charge in [-0.3, -0.25) is 4.68 Å². The number of methoxy groups -OCH3 is 1. The van der Waals surface area contributed by atoms with Crippen LogP contribution in [0.1, 0.15) is 11.6 Å². The van der Waals surface area contributed by atoms with Crippen molar-refractivity contribution >= 4 is 22.6 Å². The summed E-state index contributed by atoms with van der Waals surface area (Å²) >= 11 is 0. The first-order chi connectivity index (χ1) is 12.7. The average molecular weight is 352 g/mol. The highest BCUT2D eigenvalue weighted by Gasteiger charge is 2.25. The summed E-state index contributed by atoms with van der Waals surface area (Å²) in [7, 11) is 1.66. The number of urea groups is 1. The van der Waals surface area contributed by atoms with Gasteiger partial charge < -0.3 is 20.1 Å². The summed E-state index contributed by atoms with van der Waals surface area (Å²) in [4.78, 5) is 12.4. The Bertz CT molecular complexity index is 937. The molecule has 0 saturated heterocycles. The second kappa shape index (κ2) is 7.05. The summed E-state index contributed by atoms with van der Waals surface area (Å²) in [6.45, 7) is 1.68. The van der Waals surface area contributed by atoms with Gasteiger partial charge in [0.05, 0.1) is 30.9 Å². The first kappa shape index (κ1) is 16.4. The molecule has 7 nitrogen and oxygen atoms in total. The smallest absolute Gasteiger partial charge is 0.319 e. The molecule has 1 aromatic heterocycles. The number of fused-ring (bicyclic) bond motifs is 2. The molecular formula is C19H20N4O3. The fourth-order valence-electron chi connectivity index (χ4n) is 3.11. The Kier molecular flexibility index (Phi) is 4.45. The van der Waals surface area contributed by atoms with Gasteiger partial charge in [0.25, 0.3) is 0 Å². The minimum atomic E-state index is -0.266. The lowest BCUT2D eigenvalue weighted by molar-refractivity contribution is 0.185. The van der Waals surface area contributed by atoms with Crippen molar-refractivity contribution in [2.45, 2.75) is 12.6 Å². The van der Waals surface area contributed by atoms with Crippen molar-refractivity contribution in [3.8, 4) is 5.75 Å². The van der Waals surface area contributed by atoms with E-state index in [2.05, 4.69) is 15.7 Å². The number of ether oxygens (including phenoxy) is 2. The van der Waals surface area contributed by atoms with Crippen LogP contribution in [0.3, 0.4) is 0 Å². The lowest BCUT2D eigenvalue weighted by atomic mass is 10.1. The highest BCUT2D eigenvalue weighted by Crippen LogP contribution is 2.31. The molecule has 1 aliphatic rings. The number of anilines is 1. The Balaban J connectivity index is 1.46. The van der Waals surface area contributed by atoms with Crippen molar-refractivity contribution in [1.29, 1.82) is 0 Å². The van der Waals surface area contributed by atoms with E-state index >= 15 is 0 Å². The number of hydrogen-bond donors (Lipinski definition) is 2. The van der Waals surface area contributed by atoms with Gasteiger partial charge in [-0.1, -0.05) is 18.2 Å². The standard InChI is InChI=1S/C19H20N4O3/c1-25-9-8-23-17-10-14(7-6-13(17)11-20-23)21-19(24)22-16-12-26-18-5-3-2-4-15(16)18/h2-7,10-11,16H,8-9,12H2,1H3,(H2,21,22,24)/t16-/m1/s1. The fraction of sp³-hybridized carbons (Fsp3) is 0.263. The van der Waals surface area contributed by atoms with Gasteiger partial charge in [0.2, 0.25) is 0 Å². The summed E-state index contributed by atoms with van der Waals surface area (Å²) in [5.74, 6) is 0.821. The van der Waals surface area contributed by atoms with E-state index in [9.17, 15) is 4.79 Å². The number of nitrogens with zero attached hydrogens (tertiary/aromatic N) is 2. The first-order valence-electron chi connectivity index (χ1n) is 8.48. The van der Waals surface area contributed by atoms with Crippen LogP contribution in [0.15, 0.2) is 48.7 Å². The van der Waals surface area contributed by atoms with E-state index in [1.165, 1.54) is 0 Å². The average Bonchev–Trinajstić information content (AvgIpc) is 3.24. The zero-order chi connectivity index (χ0) is 17.9. The van der Waals surface area contributed by atoms with Gasteiger partial charge in [-0.25, -0.2) is 4.79 Å². The number of carbonyl (C=O) groups is 1. The molecule has 0 fully saturated rings. The zero-order valence-electron chi connectivity index (χ0n) is 14.4. The topological polar surface area (TPSA) is 77.4 Å². The van der Waals surface area contributed by atoms with E-state index in [0.29, 0.717) is 25.4 Å². The van der Waals surface area contributed by atoms with Gasteiger partial charge in [0.1, 0.15) is 12.4 Å². The Hall–Kier alpha value is -3.06. The van der Waals surface area contributed by atoms with Crippen molar-refractivity contribution in [3.05, 3.63) is 54.2 Å². The number of nitrogens with one attached hydrogen (secondary N) is 2. The van der Waals surface area contributed by atoms with Gasteiger partial charge in [-0.2, -0.15) is 5.10 Å². The molecule has 1 aliphatic heterocycles. The molecule has 3 aromatic rings. The lowest BCUT2D eigenvalue weighted by Gasteiger charge is -2.13. The minimum absolute atomic E-state index is 0.151. The Morgan fingerprint density at radius 3 is 3.12 bits per heavy atom. The highest BCUT2D eigenvalue weighted by atomic mass is 16.5. The molecule has 26 heavy (non-hydrogen) atoms. The van der Waals surface area contributed by atoms with Gasteiger partial charge in [0, 0.05) is 23.7 Å². The van der Waals surface area contributed by atoms with Crippen LogP contribution in [0.2, 0.25) is 0 Å². The van der Waals surface area contributed by atoms with E-state index in [-0.39, 0.29) is 12.1 Å². The second-order valence-electron chi connectivity index (χ2n) is 6.13. The van der Waals surface area contributed by atoms with Gasteiger partial charge in [0.15, 0.2) is 0 Å². The number of hydrogen-bond acceptors (Lipinski definition) is 4. The van der Waals surface area contributed by atoms with E-state index in [0.717, 1.165) is 22.2 Å². The molecule has 7 heteroatoms. The SMILES string of the molecule is COCCn1ncc2ccc(NC(=O)N[C@@H]3COc4ccccc43)cc21. The molecule has 0 unspecified atom stereocenters. The number of para-hydroxylation sites is 1. The summed E-state index contributed by atoms with van der Waals surface area (Å²) in [5.41, 5.74) is 2.66. The van der Waals surface area contributed by atoms with Gasteiger partial charge >= 0.3 is 6.03 Å². The summed E-state index contributed by atoms with van der Waals surface area (Å²) in [5, 5.41) is 11.2. The van der Waals surface area contributed by atoms with E-state index in [4.69, 9.17) is 9.47 Å². The molecular weight excluding hydrogens is 332 g/mol. The van der Waals surface area contributed by atoms with Crippen LogP contribution in [0, 0.1) is 0 Å². The third-order valence-electron chi connectivity index (χ3n) is 4.42. The molecule has 2 aromatic carbocycles. The Morgan fingerprint density at radius 2 is 2.23 bits per heavy atom. The third kappa shape index (κ3) is 3.21. The largest absolute Gasteiger partial charge is 0.491 e. The van der Waals surface area contributed by atoms with Crippen LogP contribution in [0.5, 0.6) is 5.75 Å². The molecule has 2 amide bonds. The maximum Gasteiger partial charge on any atom is 0.319 e. The quantitative estimate of drug-likeness (QED) is 0.740. The predicted octanol–water partition coefficient (Wildman–Crippen LogP) is 2.94. The maximum absolute atomic E-state index is 12.4. The van der Waals surface area contributed by atoms with E-state index in [1.54, 1.807) is 7.11 Å². The van der Waals surface area contributed by atoms with Gasteiger partial charge in [-0.15, -0.1) is 0 Å². The van der Waals surface area contributed by atoms with Crippen LogP contribution >= 0.6 is 0 Å². The Labute approximate surface area is 150 Å². The molecule has 1 atom stereocenters. The van der Waals surface area contributed by atoms with Crippen LogP contribution in [-0.4, -0.2) is 36.1 Å². The normalized spacial score (nSPS) is 15.5. The Morgan fingerprint density at radius 1 is 1.35 bits per heavy atom. The fourth-order valence-corrected chi connectivity index (χ4v) is 3.11. The minimum Gasteiger partial charge on any atom is -0.491 e. The summed E-state index contributed by atoms with van der Waals surface area (Å²) in [6, 6.07) is 13.0. The molecule has 0 spiro atoms. The number of aromatic nitrogens is 2. The molecule has 4 rings (SSSR count). The van der Waals surface area contributed by atoms with Crippen molar-refractivity contribution in [2.75, 3.05) is 25.6 Å². The molecule has 0 bridgehead atoms. The van der Waals surface area contributed by atoms with E-state index < -0.39 is 0 Å². The molecule has 0 saturated carbocycles. The first-order valence-corrected chi connectivity index (χ1v) is 8.48. The van der Waals surface area contributed by atoms with Crippen molar-refractivity contribution in [3.63, 3.8) is 0 Å². The summed E-state index contributed by atoms with van der Waals surface area (Å²) in [6.07, 6.45) is 1.81. The van der Waals surface area contributed by atoms with Crippen LogP contribution in [0.4, 0.5) is 10.5 Å². The van der Waals surface area contributed by atoms with Crippen molar-refractivity contribution < 1.29 is 14.3 Å². The third-order valence-corrected chi connectivity index (χ3v) is 4.42. The number of amides is 2. The van der Waals surface area contributed by atoms with Crippen molar-refractivity contribution in [1.82, 2.24) is 15.1 Å². The summed E-state index contributed by atoms with van der Waals surface area (Å²) < 4.78 is 12.6. The van der Waals surface area contributed by atoms with E-state index in [1.807, 2.05) is 53.3 Å². The molecule has 134 valence electrons. The van der Waals surface area contributed by atoms with Gasteiger partial charge in [-0.05, 0) is 24.3 Å². The molecule has 2 heterocycles. The monoisotopic (exact) mass is 352 g/mol. The van der Waals surface area contributed by atoms with Crippen molar-refractivity contribution in [2.24, 2.45) is 0 Å². The number of benzene rings is 2. The lowest BCUT2D eigenvalue weighted by Crippen LogP contribution is -2.33. The maximum atomic E-state index is 12.4. The molecule has 2 N–H and O–H groups in total. The van der Waals surface area contributed by atoms with Crippen LogP contribution in [-0.2, 0) is 11.3 Å².